The van der Waals surface area contributed by atoms with Gasteiger partial charge in [-0.05, 0) is 126 Å². The molecule has 0 radical (unpaired) electrons. The molecule has 1 heterocycles. The molecule has 9 aromatic rings. The van der Waals surface area contributed by atoms with Crippen molar-refractivity contribution in [3.8, 4) is 43.8 Å². The number of nitrogens with zero attached hydrogens (tertiary/aromatic N) is 1. The van der Waals surface area contributed by atoms with Gasteiger partial charge in [-0.15, -0.1) is 11.3 Å². The maximum absolute atomic E-state index is 2.49. The molecule has 8 aromatic carbocycles. The summed E-state index contributed by atoms with van der Waals surface area (Å²) in [5, 5.41) is 1.35. The zero-order chi connectivity index (χ0) is 37.2. The van der Waals surface area contributed by atoms with E-state index >= 15 is 0 Å². The van der Waals surface area contributed by atoms with Crippen molar-refractivity contribution in [3.63, 3.8) is 0 Å². The number of hydrogen-bond donors (Lipinski definition) is 0. The lowest BCUT2D eigenvalue weighted by Crippen LogP contribution is -2.26. The summed E-state index contributed by atoms with van der Waals surface area (Å²) in [7, 11) is 0. The molecule has 2 heteroatoms. The van der Waals surface area contributed by atoms with Gasteiger partial charge in [0.2, 0.25) is 0 Å². The number of benzene rings is 8. The highest BCUT2D eigenvalue weighted by molar-refractivity contribution is 7.22. The summed E-state index contributed by atoms with van der Waals surface area (Å²) in [6.45, 7) is 4.71. The molecule has 0 N–H and O–H groups in total. The van der Waals surface area contributed by atoms with E-state index in [1.807, 2.05) is 11.3 Å². The first-order chi connectivity index (χ1) is 27.5. The molecule has 12 rings (SSSR count). The highest BCUT2D eigenvalue weighted by Gasteiger charge is 2.53. The molecule has 1 nitrogen and oxygen atoms in total. The molecule has 0 fully saturated rings. The Hall–Kier alpha value is -6.48. The van der Waals surface area contributed by atoms with Crippen molar-refractivity contribution in [1.82, 2.24) is 0 Å². The summed E-state index contributed by atoms with van der Waals surface area (Å²) in [5.74, 6) is 0. The Morgan fingerprint density at radius 2 is 0.929 bits per heavy atom. The average Bonchev–Trinajstić information content (AvgIpc) is 3.93. The van der Waals surface area contributed by atoms with E-state index in [0.717, 1.165) is 17.1 Å². The van der Waals surface area contributed by atoms with E-state index in [9.17, 15) is 0 Å². The van der Waals surface area contributed by atoms with Crippen molar-refractivity contribution in [2.75, 3.05) is 4.90 Å². The van der Waals surface area contributed by atoms with Crippen LogP contribution in [0.4, 0.5) is 17.1 Å². The minimum Gasteiger partial charge on any atom is -0.310 e. The molecule has 56 heavy (non-hydrogen) atoms. The fourth-order valence-electron chi connectivity index (χ4n) is 10.4. The van der Waals surface area contributed by atoms with Gasteiger partial charge in [0.05, 0.1) is 5.41 Å². The topological polar surface area (TPSA) is 3.24 Å². The Morgan fingerprint density at radius 1 is 0.393 bits per heavy atom. The molecule has 0 bridgehead atoms. The Kier molecular flexibility index (Phi) is 6.55. The molecule has 0 aliphatic heterocycles. The van der Waals surface area contributed by atoms with Crippen LogP contribution in [0.3, 0.4) is 0 Å². The molecule has 0 amide bonds. The SMILES string of the molecule is CC1(C)c2ccccc2-c2ccc(-c3ccc(N(c4ccccc4)c4ccc5c(c4)C4(c6ccccc6-5)c5ccccc5-c5sc6ccccc6c54)cc3)cc21. The van der Waals surface area contributed by atoms with Gasteiger partial charge in [-0.2, -0.15) is 0 Å². The minimum absolute atomic E-state index is 0.0352. The first-order valence-electron chi connectivity index (χ1n) is 19.6. The van der Waals surface area contributed by atoms with Gasteiger partial charge in [-0.3, -0.25) is 0 Å². The van der Waals surface area contributed by atoms with Gasteiger partial charge in [0, 0.05) is 32.1 Å². The molecule has 0 saturated carbocycles. The minimum atomic E-state index is -0.416. The smallest absolute Gasteiger partial charge is 0.0740 e. The second-order valence-corrected chi connectivity index (χ2v) is 17.1. The first-order valence-corrected chi connectivity index (χ1v) is 20.4. The third-order valence-corrected chi connectivity index (χ3v) is 14.1. The van der Waals surface area contributed by atoms with Gasteiger partial charge < -0.3 is 4.90 Å². The summed E-state index contributed by atoms with van der Waals surface area (Å²) < 4.78 is 1.34. The predicted octanol–water partition coefficient (Wildman–Crippen LogP) is 14.7. The van der Waals surface area contributed by atoms with Crippen LogP contribution in [0.5, 0.6) is 0 Å². The van der Waals surface area contributed by atoms with Crippen LogP contribution in [0.25, 0.3) is 53.9 Å². The molecule has 264 valence electrons. The number of fused-ring (bicyclic) bond motifs is 15. The molecule has 3 aliphatic rings. The van der Waals surface area contributed by atoms with Crippen LogP contribution >= 0.6 is 11.3 Å². The van der Waals surface area contributed by atoms with Gasteiger partial charge in [0.15, 0.2) is 0 Å². The summed E-state index contributed by atoms with van der Waals surface area (Å²) >= 11 is 1.94. The molecule has 1 atom stereocenters. The van der Waals surface area contributed by atoms with E-state index in [-0.39, 0.29) is 5.41 Å². The monoisotopic (exact) mass is 731 g/mol. The van der Waals surface area contributed by atoms with E-state index in [2.05, 4.69) is 207 Å². The lowest BCUT2D eigenvalue weighted by Gasteiger charge is -2.32. The standard InChI is InChI=1S/C54H37NS/c1-53(2)45-20-10-6-16-39(45)41-30-26-35(32-48(41)53)34-24-27-37(28-25-34)55(36-14-4-3-5-15-36)38-29-31-42-40-17-7-11-21-46(40)54(49(42)33-38)47-22-12-8-18-43(47)52-51(54)44-19-9-13-23-50(44)56-52/h3-33H,1-2H3. The number of hydrogen-bond acceptors (Lipinski definition) is 2. The third kappa shape index (κ3) is 4.14. The second-order valence-electron chi connectivity index (χ2n) is 16.0. The van der Waals surface area contributed by atoms with Crippen molar-refractivity contribution in [2.24, 2.45) is 0 Å². The Morgan fingerprint density at radius 3 is 1.71 bits per heavy atom. The zero-order valence-electron chi connectivity index (χ0n) is 31.3. The number of anilines is 3. The van der Waals surface area contributed by atoms with E-state index in [4.69, 9.17) is 0 Å². The average molecular weight is 732 g/mol. The largest absolute Gasteiger partial charge is 0.310 e. The fourth-order valence-corrected chi connectivity index (χ4v) is 11.7. The molecule has 0 saturated heterocycles. The molecular weight excluding hydrogens is 695 g/mol. The fraction of sp³-hybridized carbons (Fsp3) is 0.0741. The Bertz CT molecular complexity index is 3060. The third-order valence-electron chi connectivity index (χ3n) is 12.9. The Balaban J connectivity index is 1.03. The van der Waals surface area contributed by atoms with Gasteiger partial charge in [-0.1, -0.05) is 153 Å². The number of thiophene rings is 1. The number of para-hydroxylation sites is 1. The lowest BCUT2D eigenvalue weighted by atomic mass is 9.70. The number of rotatable bonds is 4. The highest BCUT2D eigenvalue weighted by Crippen LogP contribution is 2.66. The lowest BCUT2D eigenvalue weighted by molar-refractivity contribution is 0.660. The van der Waals surface area contributed by atoms with Crippen LogP contribution in [0.15, 0.2) is 188 Å². The van der Waals surface area contributed by atoms with Crippen molar-refractivity contribution in [3.05, 3.63) is 221 Å². The van der Waals surface area contributed by atoms with Gasteiger partial charge in [-0.25, -0.2) is 0 Å². The van der Waals surface area contributed by atoms with Crippen LogP contribution in [-0.4, -0.2) is 0 Å². The van der Waals surface area contributed by atoms with Gasteiger partial charge >= 0.3 is 0 Å². The first kappa shape index (κ1) is 31.8. The summed E-state index contributed by atoms with van der Waals surface area (Å²) in [5.41, 5.74) is 20.5. The molecular formula is C54H37NS. The van der Waals surface area contributed by atoms with Crippen LogP contribution in [-0.2, 0) is 10.8 Å². The normalized spacial score (nSPS) is 16.2. The molecule has 1 spiro atoms. The molecule has 1 aromatic heterocycles. The van der Waals surface area contributed by atoms with E-state index in [0.29, 0.717) is 0 Å². The van der Waals surface area contributed by atoms with Crippen LogP contribution in [0, 0.1) is 0 Å². The Labute approximate surface area is 331 Å². The van der Waals surface area contributed by atoms with Crippen LogP contribution in [0.1, 0.15) is 47.2 Å². The van der Waals surface area contributed by atoms with Crippen molar-refractivity contribution < 1.29 is 0 Å². The van der Waals surface area contributed by atoms with E-state index in [1.54, 1.807) is 0 Å². The predicted molar refractivity (Wildman–Crippen MR) is 236 cm³/mol. The van der Waals surface area contributed by atoms with E-state index in [1.165, 1.54) is 87.3 Å². The molecule has 3 aliphatic carbocycles. The van der Waals surface area contributed by atoms with E-state index < -0.39 is 5.41 Å². The summed E-state index contributed by atoms with van der Waals surface area (Å²) in [6.07, 6.45) is 0. The highest BCUT2D eigenvalue weighted by atomic mass is 32.1. The van der Waals surface area contributed by atoms with Gasteiger partial charge in [0.25, 0.3) is 0 Å². The quantitative estimate of drug-likeness (QED) is 0.174. The summed E-state index contributed by atoms with van der Waals surface area (Å²) in [4.78, 5) is 3.82. The maximum atomic E-state index is 2.49. The van der Waals surface area contributed by atoms with Crippen LogP contribution in [0.2, 0.25) is 0 Å². The van der Waals surface area contributed by atoms with Gasteiger partial charge in [0.1, 0.15) is 0 Å². The second kappa shape index (κ2) is 11.5. The van der Waals surface area contributed by atoms with Crippen molar-refractivity contribution in [2.45, 2.75) is 24.7 Å². The van der Waals surface area contributed by atoms with Crippen molar-refractivity contribution >= 4 is 38.5 Å². The zero-order valence-corrected chi connectivity index (χ0v) is 32.1. The van der Waals surface area contributed by atoms with Crippen LogP contribution < -0.4 is 4.90 Å². The maximum Gasteiger partial charge on any atom is 0.0740 e. The summed E-state index contributed by atoms with van der Waals surface area (Å²) in [6, 6.07) is 70.4. The van der Waals surface area contributed by atoms with Crippen molar-refractivity contribution in [1.29, 1.82) is 0 Å². The molecule has 1 unspecified atom stereocenters.